The van der Waals surface area contributed by atoms with Crippen LogP contribution in [0, 0.1) is 19.8 Å². The molecule has 1 aromatic carbocycles. The van der Waals surface area contributed by atoms with Crippen molar-refractivity contribution in [2.45, 2.75) is 38.6 Å². The van der Waals surface area contributed by atoms with Gasteiger partial charge in [0, 0.05) is 6.04 Å². The van der Waals surface area contributed by atoms with Gasteiger partial charge in [-0.15, -0.1) is 0 Å². The Bertz CT molecular complexity index is 553. The summed E-state index contributed by atoms with van der Waals surface area (Å²) in [4.78, 5) is 0.103. The smallest absolute Gasteiger partial charge is 0.243 e. The van der Waals surface area contributed by atoms with Gasteiger partial charge in [-0.05, 0) is 30.9 Å². The maximum Gasteiger partial charge on any atom is 0.243 e. The van der Waals surface area contributed by atoms with E-state index < -0.39 is 16.1 Å². The zero-order chi connectivity index (χ0) is 14.8. The molecule has 1 rings (SSSR count). The molecule has 0 saturated carbocycles. The van der Waals surface area contributed by atoms with Crippen molar-refractivity contribution in [1.29, 1.82) is 0 Å². The normalized spacial score (nSPS) is 13.8. The summed E-state index contributed by atoms with van der Waals surface area (Å²) in [6.45, 7) is 6.90. The molecule has 1 aromatic rings. The lowest BCUT2D eigenvalue weighted by atomic mass is 10.1. The van der Waals surface area contributed by atoms with Gasteiger partial charge in [0.1, 0.15) is 4.90 Å². The van der Waals surface area contributed by atoms with Gasteiger partial charge >= 0.3 is 0 Å². The van der Waals surface area contributed by atoms with Gasteiger partial charge in [0.05, 0.1) is 12.3 Å². The Kier molecular flexibility index (Phi) is 4.95. The molecule has 108 valence electrons. The highest BCUT2D eigenvalue weighted by molar-refractivity contribution is 7.89. The fraction of sp³-hybridized carbons (Fsp3) is 0.538. The number of nitrogens with one attached hydrogen (secondary N) is 1. The van der Waals surface area contributed by atoms with Crippen LogP contribution in [0.1, 0.15) is 25.0 Å². The minimum absolute atomic E-state index is 0.00823. The standard InChI is InChI=1S/C13H22N2O3S/c1-8(2)11(7-16)15-19(17,18)13-10(4)6-5-9(3)12(13)14/h5-6,8,11,15-16H,7,14H2,1-4H3/t11-/m1/s1. The lowest BCUT2D eigenvalue weighted by molar-refractivity contribution is 0.227. The van der Waals surface area contributed by atoms with Crippen LogP contribution in [-0.4, -0.2) is 26.2 Å². The average molecular weight is 286 g/mol. The Labute approximate surface area is 114 Å². The number of nitrogens with two attached hydrogens (primary N) is 1. The zero-order valence-electron chi connectivity index (χ0n) is 11.8. The number of benzene rings is 1. The quantitative estimate of drug-likeness (QED) is 0.709. The Hall–Kier alpha value is -1.11. The second kappa shape index (κ2) is 5.90. The van der Waals surface area contributed by atoms with Gasteiger partial charge < -0.3 is 10.8 Å². The number of sulfonamides is 1. The second-order valence-electron chi connectivity index (χ2n) is 5.10. The van der Waals surface area contributed by atoms with E-state index in [2.05, 4.69) is 4.72 Å². The third-order valence-corrected chi connectivity index (χ3v) is 4.88. The van der Waals surface area contributed by atoms with Crippen LogP contribution in [-0.2, 0) is 10.0 Å². The molecule has 0 bridgehead atoms. The van der Waals surface area contributed by atoms with Gasteiger partial charge in [-0.1, -0.05) is 26.0 Å². The van der Waals surface area contributed by atoms with Crippen LogP contribution < -0.4 is 10.5 Å². The number of nitrogen functional groups attached to an aromatic ring is 1. The minimum atomic E-state index is -3.74. The molecule has 19 heavy (non-hydrogen) atoms. The highest BCUT2D eigenvalue weighted by Crippen LogP contribution is 2.26. The number of aryl methyl sites for hydroxylation is 2. The molecule has 0 aliphatic rings. The fourth-order valence-corrected chi connectivity index (χ4v) is 3.61. The van der Waals surface area contributed by atoms with Gasteiger partial charge in [-0.25, -0.2) is 13.1 Å². The van der Waals surface area contributed by atoms with E-state index in [-0.39, 0.29) is 23.1 Å². The van der Waals surface area contributed by atoms with Crippen LogP contribution in [0.15, 0.2) is 17.0 Å². The van der Waals surface area contributed by atoms with Crippen LogP contribution in [0.25, 0.3) is 0 Å². The van der Waals surface area contributed by atoms with E-state index in [0.717, 1.165) is 5.56 Å². The number of hydrogen-bond donors (Lipinski definition) is 3. The largest absolute Gasteiger partial charge is 0.397 e. The summed E-state index contributed by atoms with van der Waals surface area (Å²) in [5, 5.41) is 9.24. The molecule has 0 spiro atoms. The SMILES string of the molecule is Cc1ccc(C)c(S(=O)(=O)N[C@H](CO)C(C)C)c1N. The zero-order valence-corrected chi connectivity index (χ0v) is 12.6. The summed E-state index contributed by atoms with van der Waals surface area (Å²) in [7, 11) is -3.74. The van der Waals surface area contributed by atoms with E-state index in [9.17, 15) is 13.5 Å². The molecule has 0 unspecified atom stereocenters. The van der Waals surface area contributed by atoms with Gasteiger partial charge in [0.15, 0.2) is 0 Å². The van der Waals surface area contributed by atoms with Crippen LogP contribution in [0.2, 0.25) is 0 Å². The molecule has 4 N–H and O–H groups in total. The summed E-state index contributed by atoms with van der Waals surface area (Å²) in [5.41, 5.74) is 7.45. The number of rotatable bonds is 5. The van der Waals surface area contributed by atoms with Crippen LogP contribution in [0.3, 0.4) is 0 Å². The molecule has 0 aliphatic carbocycles. The molecule has 0 aliphatic heterocycles. The molecule has 0 heterocycles. The van der Waals surface area contributed by atoms with Crippen molar-refractivity contribution in [3.63, 3.8) is 0 Å². The third kappa shape index (κ3) is 3.46. The fourth-order valence-electron chi connectivity index (χ4n) is 1.81. The minimum Gasteiger partial charge on any atom is -0.397 e. The molecule has 0 amide bonds. The van der Waals surface area contributed by atoms with Gasteiger partial charge in [-0.2, -0.15) is 0 Å². The average Bonchev–Trinajstić information content (AvgIpc) is 2.30. The maximum absolute atomic E-state index is 12.4. The maximum atomic E-state index is 12.4. The van der Waals surface area contributed by atoms with Crippen molar-refractivity contribution in [1.82, 2.24) is 4.72 Å². The number of hydrogen-bond acceptors (Lipinski definition) is 4. The molecule has 1 atom stereocenters. The molecule has 0 saturated heterocycles. The van der Waals surface area contributed by atoms with Crippen LogP contribution in [0.4, 0.5) is 5.69 Å². The second-order valence-corrected chi connectivity index (χ2v) is 6.75. The monoisotopic (exact) mass is 286 g/mol. The summed E-state index contributed by atoms with van der Waals surface area (Å²) in [6.07, 6.45) is 0. The lowest BCUT2D eigenvalue weighted by Gasteiger charge is -2.21. The lowest BCUT2D eigenvalue weighted by Crippen LogP contribution is -2.41. The molecular weight excluding hydrogens is 264 g/mol. The number of aliphatic hydroxyl groups excluding tert-OH is 1. The summed E-state index contributed by atoms with van der Waals surface area (Å²) in [5.74, 6) is -0.00823. The van der Waals surface area contributed by atoms with E-state index in [1.54, 1.807) is 26.0 Å². The van der Waals surface area contributed by atoms with Gasteiger partial charge in [0.2, 0.25) is 10.0 Å². The Morgan fingerprint density at radius 3 is 2.26 bits per heavy atom. The summed E-state index contributed by atoms with van der Waals surface area (Å²) in [6, 6.07) is 2.99. The van der Waals surface area contributed by atoms with Crippen molar-refractivity contribution in [3.8, 4) is 0 Å². The van der Waals surface area contributed by atoms with Gasteiger partial charge in [0.25, 0.3) is 0 Å². The van der Waals surface area contributed by atoms with Crippen molar-refractivity contribution < 1.29 is 13.5 Å². The van der Waals surface area contributed by atoms with E-state index in [1.807, 2.05) is 13.8 Å². The molecule has 0 radical (unpaired) electrons. The first-order valence-corrected chi connectivity index (χ1v) is 7.68. The van der Waals surface area contributed by atoms with Crippen LogP contribution in [0.5, 0.6) is 0 Å². The van der Waals surface area contributed by atoms with Crippen molar-refractivity contribution in [3.05, 3.63) is 23.3 Å². The van der Waals surface area contributed by atoms with Crippen molar-refractivity contribution in [2.75, 3.05) is 12.3 Å². The Morgan fingerprint density at radius 2 is 1.79 bits per heavy atom. The predicted molar refractivity (Wildman–Crippen MR) is 76.4 cm³/mol. The first-order chi connectivity index (χ1) is 8.70. The summed E-state index contributed by atoms with van der Waals surface area (Å²) >= 11 is 0. The Balaban J connectivity index is 3.25. The Morgan fingerprint density at radius 1 is 1.26 bits per heavy atom. The third-order valence-electron chi connectivity index (χ3n) is 3.19. The molecule has 5 nitrogen and oxygen atoms in total. The molecular formula is C13H22N2O3S. The van der Waals surface area contributed by atoms with E-state index in [0.29, 0.717) is 5.56 Å². The number of anilines is 1. The number of aliphatic hydroxyl groups is 1. The molecule has 6 heteroatoms. The van der Waals surface area contributed by atoms with Crippen molar-refractivity contribution >= 4 is 15.7 Å². The first-order valence-electron chi connectivity index (χ1n) is 6.19. The van der Waals surface area contributed by atoms with E-state index in [1.165, 1.54) is 0 Å². The van der Waals surface area contributed by atoms with Gasteiger partial charge in [-0.3, -0.25) is 0 Å². The first kappa shape index (κ1) is 15.9. The van der Waals surface area contributed by atoms with E-state index in [4.69, 9.17) is 5.73 Å². The molecule has 0 aromatic heterocycles. The summed E-state index contributed by atoms with van der Waals surface area (Å²) < 4.78 is 27.3. The van der Waals surface area contributed by atoms with Crippen molar-refractivity contribution in [2.24, 2.45) is 5.92 Å². The topological polar surface area (TPSA) is 92.4 Å². The highest BCUT2D eigenvalue weighted by Gasteiger charge is 2.25. The van der Waals surface area contributed by atoms with E-state index >= 15 is 0 Å². The predicted octanol–water partition coefficient (Wildman–Crippen LogP) is 1.18. The highest BCUT2D eigenvalue weighted by atomic mass is 32.2. The van der Waals surface area contributed by atoms with Crippen LogP contribution >= 0.6 is 0 Å². The molecule has 0 fully saturated rings.